The fourth-order valence-corrected chi connectivity index (χ4v) is 2.71. The Morgan fingerprint density at radius 1 is 1.27 bits per heavy atom. The molecule has 0 unspecified atom stereocenters. The molecular weight excluding hydrogens is 332 g/mol. The Balaban J connectivity index is 2.00. The van der Waals surface area contributed by atoms with Crippen LogP contribution < -0.4 is 11.0 Å². The zero-order chi connectivity index (χ0) is 18.5. The number of amides is 1. The number of rotatable bonds is 5. The Hall–Kier alpha value is -3.48. The van der Waals surface area contributed by atoms with Crippen molar-refractivity contribution < 1.29 is 9.90 Å². The number of hydrogen-bond acceptors (Lipinski definition) is 5. The highest BCUT2D eigenvalue weighted by Crippen LogP contribution is 2.26. The zero-order valence-electron chi connectivity index (χ0n) is 14.2. The molecule has 2 N–H and O–H groups in total. The Morgan fingerprint density at radius 2 is 2.04 bits per heavy atom. The third-order valence-electron chi connectivity index (χ3n) is 3.87. The molecule has 0 saturated heterocycles. The molecule has 1 amide bonds. The smallest absolute Gasteiger partial charge is 0.280 e. The molecule has 2 heterocycles. The average Bonchev–Trinajstić information content (AvgIpc) is 2.66. The second-order valence-electron chi connectivity index (χ2n) is 5.65. The van der Waals surface area contributed by atoms with E-state index < -0.39 is 11.5 Å². The van der Waals surface area contributed by atoms with E-state index in [0.717, 1.165) is 0 Å². The molecule has 0 aliphatic heterocycles. The van der Waals surface area contributed by atoms with Crippen LogP contribution in [0, 0.1) is 0 Å². The van der Waals surface area contributed by atoms with Crippen LogP contribution >= 0.6 is 0 Å². The quantitative estimate of drug-likeness (QED) is 0.545. The van der Waals surface area contributed by atoms with Gasteiger partial charge in [0, 0.05) is 18.1 Å². The number of nitrogens with one attached hydrogen (secondary N) is 1. The standard InChI is InChI=1S/C19H18N4O3/c1-2-11-23-15-9-4-3-8-14(15)17(24)16(19(23)26)18(25)22-21-12-13-7-5-6-10-20-13/h3-10,12,24H,2,11H2,1H3,(H,22,25)/b21-12-. The molecule has 3 aromatic rings. The fourth-order valence-electron chi connectivity index (χ4n) is 2.71. The first-order valence-electron chi connectivity index (χ1n) is 8.22. The molecule has 1 aromatic carbocycles. The van der Waals surface area contributed by atoms with Crippen molar-refractivity contribution >= 4 is 23.0 Å². The molecule has 0 fully saturated rings. The van der Waals surface area contributed by atoms with Crippen molar-refractivity contribution in [1.82, 2.24) is 15.0 Å². The molecule has 0 aliphatic carbocycles. The van der Waals surface area contributed by atoms with E-state index in [4.69, 9.17) is 0 Å². The number of fused-ring (bicyclic) bond motifs is 1. The fraction of sp³-hybridized carbons (Fsp3) is 0.158. The van der Waals surface area contributed by atoms with E-state index in [1.54, 1.807) is 48.7 Å². The van der Waals surface area contributed by atoms with Gasteiger partial charge in [0.2, 0.25) is 0 Å². The number of nitrogens with zero attached hydrogens (tertiary/aromatic N) is 3. The topological polar surface area (TPSA) is 96.6 Å². The minimum atomic E-state index is -0.768. The molecule has 7 nitrogen and oxygen atoms in total. The Labute approximate surface area is 149 Å². The Kier molecular flexibility index (Phi) is 5.07. The van der Waals surface area contributed by atoms with Crippen molar-refractivity contribution in [3.05, 3.63) is 70.3 Å². The van der Waals surface area contributed by atoms with Gasteiger partial charge in [0.15, 0.2) is 0 Å². The number of carbonyl (C=O) groups excluding carboxylic acids is 1. The Morgan fingerprint density at radius 3 is 2.77 bits per heavy atom. The van der Waals surface area contributed by atoms with E-state index in [1.165, 1.54) is 10.8 Å². The number of benzene rings is 1. The second-order valence-corrected chi connectivity index (χ2v) is 5.65. The van der Waals surface area contributed by atoms with Crippen molar-refractivity contribution in [3.63, 3.8) is 0 Å². The van der Waals surface area contributed by atoms with Gasteiger partial charge in [0.1, 0.15) is 11.3 Å². The van der Waals surface area contributed by atoms with Gasteiger partial charge in [-0.2, -0.15) is 5.10 Å². The molecule has 0 saturated carbocycles. The van der Waals surface area contributed by atoms with Crippen LogP contribution in [-0.2, 0) is 6.54 Å². The molecule has 0 radical (unpaired) electrons. The molecule has 0 bridgehead atoms. The molecule has 2 aromatic heterocycles. The van der Waals surface area contributed by atoms with Gasteiger partial charge in [0.25, 0.3) is 11.5 Å². The van der Waals surface area contributed by atoms with Gasteiger partial charge < -0.3 is 9.67 Å². The number of carbonyl (C=O) groups is 1. The van der Waals surface area contributed by atoms with Crippen LogP contribution in [0.25, 0.3) is 10.9 Å². The van der Waals surface area contributed by atoms with E-state index >= 15 is 0 Å². The molecule has 132 valence electrons. The normalized spacial score (nSPS) is 11.1. The first-order valence-corrected chi connectivity index (χ1v) is 8.22. The summed E-state index contributed by atoms with van der Waals surface area (Å²) in [6.07, 6.45) is 3.68. The van der Waals surface area contributed by atoms with Gasteiger partial charge in [-0.25, -0.2) is 5.43 Å². The van der Waals surface area contributed by atoms with Crippen LogP contribution in [0.15, 0.2) is 58.6 Å². The van der Waals surface area contributed by atoms with Crippen molar-refractivity contribution in [2.24, 2.45) is 5.10 Å². The van der Waals surface area contributed by atoms with Gasteiger partial charge in [-0.1, -0.05) is 25.1 Å². The van der Waals surface area contributed by atoms with E-state index in [2.05, 4.69) is 15.5 Å². The Bertz CT molecular complexity index is 1030. The lowest BCUT2D eigenvalue weighted by Crippen LogP contribution is -2.31. The number of aryl methyl sites for hydroxylation is 1. The summed E-state index contributed by atoms with van der Waals surface area (Å²) in [7, 11) is 0. The maximum absolute atomic E-state index is 12.7. The highest BCUT2D eigenvalue weighted by atomic mass is 16.3. The number of aromatic nitrogens is 2. The molecule has 0 aliphatic rings. The van der Waals surface area contributed by atoms with Gasteiger partial charge in [-0.15, -0.1) is 0 Å². The van der Waals surface area contributed by atoms with Crippen LogP contribution in [0.1, 0.15) is 29.4 Å². The van der Waals surface area contributed by atoms with Crippen molar-refractivity contribution in [2.45, 2.75) is 19.9 Å². The zero-order valence-corrected chi connectivity index (χ0v) is 14.2. The SMILES string of the molecule is CCCn1c(=O)c(C(=O)N/N=C\c2ccccn2)c(O)c2ccccc21. The van der Waals surface area contributed by atoms with E-state index in [9.17, 15) is 14.7 Å². The molecule has 0 spiro atoms. The molecular formula is C19H18N4O3. The second kappa shape index (κ2) is 7.60. The molecule has 7 heteroatoms. The van der Waals surface area contributed by atoms with Crippen molar-refractivity contribution in [2.75, 3.05) is 0 Å². The predicted octanol–water partition coefficient (Wildman–Crippen LogP) is 2.28. The highest BCUT2D eigenvalue weighted by Gasteiger charge is 2.21. The largest absolute Gasteiger partial charge is 0.506 e. The summed E-state index contributed by atoms with van der Waals surface area (Å²) in [5, 5.41) is 14.7. The van der Waals surface area contributed by atoms with Crippen LogP contribution in [0.3, 0.4) is 0 Å². The van der Waals surface area contributed by atoms with E-state index in [1.807, 2.05) is 6.92 Å². The summed E-state index contributed by atoms with van der Waals surface area (Å²) in [6, 6.07) is 12.2. The number of para-hydroxylation sites is 1. The van der Waals surface area contributed by atoms with Crippen LogP contribution in [0.2, 0.25) is 0 Å². The summed E-state index contributed by atoms with van der Waals surface area (Å²) in [5.74, 6) is -1.11. The maximum atomic E-state index is 12.7. The highest BCUT2D eigenvalue weighted by molar-refractivity contribution is 6.02. The summed E-state index contributed by atoms with van der Waals surface area (Å²) < 4.78 is 1.49. The minimum absolute atomic E-state index is 0.324. The number of aromatic hydroxyl groups is 1. The lowest BCUT2D eigenvalue weighted by atomic mass is 10.1. The predicted molar refractivity (Wildman–Crippen MR) is 99.5 cm³/mol. The molecule has 26 heavy (non-hydrogen) atoms. The monoisotopic (exact) mass is 350 g/mol. The summed E-state index contributed by atoms with van der Waals surface area (Å²) in [4.78, 5) is 29.3. The summed E-state index contributed by atoms with van der Waals surface area (Å²) in [6.45, 7) is 2.38. The van der Waals surface area contributed by atoms with Gasteiger partial charge in [0.05, 0.1) is 17.4 Å². The van der Waals surface area contributed by atoms with Gasteiger partial charge in [-0.3, -0.25) is 14.6 Å². The molecule has 3 rings (SSSR count). The first kappa shape index (κ1) is 17.3. The van der Waals surface area contributed by atoms with Crippen LogP contribution in [-0.4, -0.2) is 26.8 Å². The number of pyridine rings is 2. The maximum Gasteiger partial charge on any atom is 0.280 e. The third-order valence-corrected chi connectivity index (χ3v) is 3.87. The third kappa shape index (κ3) is 3.32. The number of hydrogen-bond donors (Lipinski definition) is 2. The average molecular weight is 350 g/mol. The van der Waals surface area contributed by atoms with Crippen molar-refractivity contribution in [1.29, 1.82) is 0 Å². The van der Waals surface area contributed by atoms with E-state index in [0.29, 0.717) is 29.6 Å². The van der Waals surface area contributed by atoms with E-state index in [-0.39, 0.29) is 11.3 Å². The minimum Gasteiger partial charge on any atom is -0.506 e. The lowest BCUT2D eigenvalue weighted by molar-refractivity contribution is 0.0950. The lowest BCUT2D eigenvalue weighted by Gasteiger charge is -2.13. The first-order chi connectivity index (χ1) is 12.6. The van der Waals surface area contributed by atoms with Gasteiger partial charge >= 0.3 is 0 Å². The summed E-state index contributed by atoms with van der Waals surface area (Å²) >= 11 is 0. The number of hydrazone groups is 1. The van der Waals surface area contributed by atoms with Crippen LogP contribution in [0.5, 0.6) is 5.75 Å². The van der Waals surface area contributed by atoms with Crippen molar-refractivity contribution in [3.8, 4) is 5.75 Å². The van der Waals surface area contributed by atoms with Gasteiger partial charge in [-0.05, 0) is 30.7 Å². The molecule has 0 atom stereocenters. The summed E-state index contributed by atoms with van der Waals surface area (Å²) in [5.41, 5.74) is 2.55. The van der Waals surface area contributed by atoms with Crippen LogP contribution in [0.4, 0.5) is 0 Å².